The molecule has 1 aromatic carbocycles. The third-order valence-electron chi connectivity index (χ3n) is 4.79. The van der Waals surface area contributed by atoms with E-state index in [2.05, 4.69) is 6.92 Å². The van der Waals surface area contributed by atoms with Crippen LogP contribution < -0.4 is 10.6 Å². The van der Waals surface area contributed by atoms with Crippen molar-refractivity contribution < 1.29 is 9.59 Å². The summed E-state index contributed by atoms with van der Waals surface area (Å²) in [6, 6.07) is 11.1. The molecule has 2 aromatic rings. The van der Waals surface area contributed by atoms with E-state index in [0.717, 1.165) is 6.42 Å². The Labute approximate surface area is 152 Å². The van der Waals surface area contributed by atoms with E-state index in [4.69, 9.17) is 5.73 Å². The number of carbonyl (C=O) groups excluding carboxylic acids is 2. The van der Waals surface area contributed by atoms with Crippen LogP contribution >= 0.6 is 11.3 Å². The second kappa shape index (κ2) is 7.37. The lowest BCUT2D eigenvalue weighted by Crippen LogP contribution is -2.36. The Morgan fingerprint density at radius 2 is 2.04 bits per heavy atom. The summed E-state index contributed by atoms with van der Waals surface area (Å²) in [5.74, 6) is 0.200. The van der Waals surface area contributed by atoms with Crippen molar-refractivity contribution in [3.63, 3.8) is 0 Å². The largest absolute Gasteiger partial charge is 0.336 e. The molecule has 1 aliphatic rings. The Morgan fingerprint density at radius 3 is 2.68 bits per heavy atom. The molecule has 0 aliphatic carbocycles. The Morgan fingerprint density at radius 1 is 1.28 bits per heavy atom. The van der Waals surface area contributed by atoms with Crippen LogP contribution in [-0.2, 0) is 0 Å². The lowest BCUT2D eigenvalue weighted by molar-refractivity contribution is 0.0744. The quantitative estimate of drug-likeness (QED) is 0.915. The normalized spacial score (nSPS) is 19.9. The van der Waals surface area contributed by atoms with Gasteiger partial charge in [-0.3, -0.25) is 9.59 Å². The first kappa shape index (κ1) is 17.6. The summed E-state index contributed by atoms with van der Waals surface area (Å²) in [5.41, 5.74) is 6.97. The van der Waals surface area contributed by atoms with Crippen molar-refractivity contribution in [3.8, 4) is 0 Å². The summed E-state index contributed by atoms with van der Waals surface area (Å²) in [5, 5.41) is 1.87. The molecule has 5 nitrogen and oxygen atoms in total. The van der Waals surface area contributed by atoms with Gasteiger partial charge in [-0.1, -0.05) is 18.2 Å². The van der Waals surface area contributed by atoms with Gasteiger partial charge in [0, 0.05) is 19.6 Å². The molecule has 2 amide bonds. The molecule has 0 bridgehead atoms. The fourth-order valence-corrected chi connectivity index (χ4v) is 4.07. The second-order valence-corrected chi connectivity index (χ2v) is 7.45. The van der Waals surface area contributed by atoms with Gasteiger partial charge in [0.25, 0.3) is 11.8 Å². The zero-order valence-corrected chi connectivity index (χ0v) is 15.3. The predicted molar refractivity (Wildman–Crippen MR) is 101 cm³/mol. The third-order valence-corrected chi connectivity index (χ3v) is 5.65. The topological polar surface area (TPSA) is 66.6 Å². The van der Waals surface area contributed by atoms with Crippen LogP contribution in [0.15, 0.2) is 41.8 Å². The summed E-state index contributed by atoms with van der Waals surface area (Å²) in [7, 11) is 1.71. The minimum atomic E-state index is -0.107. The van der Waals surface area contributed by atoms with E-state index in [0.29, 0.717) is 35.1 Å². The van der Waals surface area contributed by atoms with Crippen molar-refractivity contribution >= 4 is 28.8 Å². The SMILES string of the molecule is CC1CC(CN)CN1C(=O)c1ccccc1N(C)C(=O)c1cccs1. The predicted octanol–water partition coefficient (Wildman–Crippen LogP) is 2.83. The number of nitrogens with zero attached hydrogens (tertiary/aromatic N) is 2. The number of hydrogen-bond acceptors (Lipinski definition) is 4. The smallest absolute Gasteiger partial charge is 0.268 e. The van der Waals surface area contributed by atoms with Gasteiger partial charge >= 0.3 is 0 Å². The molecule has 0 saturated carbocycles. The Balaban J connectivity index is 1.88. The molecule has 1 saturated heterocycles. The van der Waals surface area contributed by atoms with Crippen LogP contribution in [0.1, 0.15) is 33.4 Å². The van der Waals surface area contributed by atoms with Crippen LogP contribution in [0.2, 0.25) is 0 Å². The first-order valence-corrected chi connectivity index (χ1v) is 9.32. The fourth-order valence-electron chi connectivity index (χ4n) is 3.37. The average molecular weight is 357 g/mol. The van der Waals surface area contributed by atoms with E-state index in [1.54, 1.807) is 24.1 Å². The number of anilines is 1. The molecule has 2 unspecified atom stereocenters. The van der Waals surface area contributed by atoms with Gasteiger partial charge in [0.05, 0.1) is 16.1 Å². The maximum absolute atomic E-state index is 13.1. The number of amides is 2. The van der Waals surface area contributed by atoms with Gasteiger partial charge in [0.2, 0.25) is 0 Å². The number of para-hydroxylation sites is 1. The van der Waals surface area contributed by atoms with Crippen molar-refractivity contribution in [2.24, 2.45) is 11.7 Å². The van der Waals surface area contributed by atoms with Gasteiger partial charge in [0.1, 0.15) is 0 Å². The molecule has 0 spiro atoms. The lowest BCUT2D eigenvalue weighted by Gasteiger charge is -2.25. The highest BCUT2D eigenvalue weighted by atomic mass is 32.1. The molecule has 132 valence electrons. The zero-order chi connectivity index (χ0) is 18.0. The number of thiophene rings is 1. The first-order valence-electron chi connectivity index (χ1n) is 8.44. The van der Waals surface area contributed by atoms with Crippen LogP contribution in [0, 0.1) is 5.92 Å². The van der Waals surface area contributed by atoms with Crippen molar-refractivity contribution in [3.05, 3.63) is 52.2 Å². The summed E-state index contributed by atoms with van der Waals surface area (Å²) in [4.78, 5) is 29.8. The molecule has 3 rings (SSSR count). The van der Waals surface area contributed by atoms with E-state index >= 15 is 0 Å². The minimum Gasteiger partial charge on any atom is -0.336 e. The average Bonchev–Trinajstić information content (AvgIpc) is 3.29. The van der Waals surface area contributed by atoms with Crippen LogP contribution in [0.3, 0.4) is 0 Å². The highest BCUT2D eigenvalue weighted by Gasteiger charge is 2.33. The Bertz CT molecular complexity index is 760. The molecular weight excluding hydrogens is 334 g/mol. The molecule has 0 radical (unpaired) electrons. The van der Waals surface area contributed by atoms with Crippen molar-refractivity contribution in [1.29, 1.82) is 0 Å². The molecule has 2 atom stereocenters. The monoisotopic (exact) mass is 357 g/mol. The number of nitrogens with two attached hydrogens (primary N) is 1. The standard InChI is InChI=1S/C19H23N3O2S/c1-13-10-14(11-20)12-22(13)18(23)15-6-3-4-7-16(15)21(2)19(24)17-8-5-9-25-17/h3-9,13-14H,10-12,20H2,1-2H3. The van der Waals surface area contributed by atoms with Crippen LogP contribution in [-0.4, -0.2) is 42.9 Å². The van der Waals surface area contributed by atoms with Gasteiger partial charge in [-0.05, 0) is 49.4 Å². The van der Waals surface area contributed by atoms with Crippen LogP contribution in [0.4, 0.5) is 5.69 Å². The molecular formula is C19H23N3O2S. The summed E-state index contributed by atoms with van der Waals surface area (Å²) in [6.45, 7) is 3.32. The highest BCUT2D eigenvalue weighted by molar-refractivity contribution is 7.12. The molecule has 1 aliphatic heterocycles. The Kier molecular flexibility index (Phi) is 5.20. The maximum Gasteiger partial charge on any atom is 0.268 e. The summed E-state index contributed by atoms with van der Waals surface area (Å²) >= 11 is 1.40. The number of rotatable bonds is 4. The second-order valence-electron chi connectivity index (χ2n) is 6.50. The minimum absolute atomic E-state index is 0.0371. The van der Waals surface area contributed by atoms with Crippen molar-refractivity contribution in [2.75, 3.05) is 25.0 Å². The fraction of sp³-hybridized carbons (Fsp3) is 0.368. The van der Waals surface area contributed by atoms with Crippen molar-refractivity contribution in [1.82, 2.24) is 4.90 Å². The van der Waals surface area contributed by atoms with Gasteiger partial charge in [-0.2, -0.15) is 0 Å². The van der Waals surface area contributed by atoms with Crippen LogP contribution in [0.25, 0.3) is 0 Å². The van der Waals surface area contributed by atoms with Gasteiger partial charge in [-0.25, -0.2) is 0 Å². The molecule has 1 fully saturated rings. The number of carbonyl (C=O) groups is 2. The van der Waals surface area contributed by atoms with E-state index in [9.17, 15) is 9.59 Å². The van der Waals surface area contributed by atoms with E-state index in [-0.39, 0.29) is 17.9 Å². The highest BCUT2D eigenvalue weighted by Crippen LogP contribution is 2.28. The summed E-state index contributed by atoms with van der Waals surface area (Å²) in [6.07, 6.45) is 0.925. The summed E-state index contributed by atoms with van der Waals surface area (Å²) < 4.78 is 0. The van der Waals surface area contributed by atoms with Crippen molar-refractivity contribution in [2.45, 2.75) is 19.4 Å². The number of benzene rings is 1. The van der Waals surface area contributed by atoms with E-state index < -0.39 is 0 Å². The van der Waals surface area contributed by atoms with Gasteiger partial charge < -0.3 is 15.5 Å². The number of likely N-dealkylation sites (tertiary alicyclic amines) is 1. The first-order chi connectivity index (χ1) is 12.0. The third kappa shape index (κ3) is 3.45. The maximum atomic E-state index is 13.1. The van der Waals surface area contributed by atoms with Gasteiger partial charge in [-0.15, -0.1) is 11.3 Å². The molecule has 6 heteroatoms. The molecule has 2 N–H and O–H groups in total. The lowest BCUT2D eigenvalue weighted by atomic mass is 10.1. The zero-order valence-electron chi connectivity index (χ0n) is 14.5. The molecule has 25 heavy (non-hydrogen) atoms. The van der Waals surface area contributed by atoms with E-state index in [1.807, 2.05) is 34.5 Å². The van der Waals surface area contributed by atoms with Crippen LogP contribution in [0.5, 0.6) is 0 Å². The Hall–Kier alpha value is -2.18. The van der Waals surface area contributed by atoms with Gasteiger partial charge in [0.15, 0.2) is 0 Å². The van der Waals surface area contributed by atoms with E-state index in [1.165, 1.54) is 11.3 Å². The molecule has 1 aromatic heterocycles. The molecule has 2 heterocycles. The number of hydrogen-bond donors (Lipinski definition) is 1.